The number of aromatic nitrogens is 2. The van der Waals surface area contributed by atoms with Crippen LogP contribution in [0.3, 0.4) is 0 Å². The fourth-order valence-electron chi connectivity index (χ4n) is 4.16. The number of amides is 2. The zero-order chi connectivity index (χ0) is 26.4. The number of carboxylic acid groups (broad SMARTS) is 1. The van der Waals surface area contributed by atoms with E-state index in [1.165, 1.54) is 11.9 Å². The lowest BCUT2D eigenvalue weighted by Gasteiger charge is -2.24. The number of anilines is 3. The third-order valence-electron chi connectivity index (χ3n) is 6.23. The second kappa shape index (κ2) is 11.6. The molecule has 194 valence electrons. The Kier molecular flexibility index (Phi) is 8.07. The second-order valence-electron chi connectivity index (χ2n) is 8.85. The van der Waals surface area contributed by atoms with Gasteiger partial charge >= 0.3 is 6.09 Å². The maximum Gasteiger partial charge on any atom is 0.407 e. The zero-order valence-electron chi connectivity index (χ0n) is 21.3. The first kappa shape index (κ1) is 25.7. The van der Waals surface area contributed by atoms with Crippen LogP contribution in [0.5, 0.6) is 5.75 Å². The summed E-state index contributed by atoms with van der Waals surface area (Å²) in [4.78, 5) is 38.6. The van der Waals surface area contributed by atoms with Gasteiger partial charge in [-0.05, 0) is 24.6 Å². The number of rotatable bonds is 9. The maximum absolute atomic E-state index is 13.5. The average molecular weight is 505 g/mol. The van der Waals surface area contributed by atoms with Gasteiger partial charge in [0.05, 0.1) is 0 Å². The van der Waals surface area contributed by atoms with Crippen LogP contribution in [0.25, 0.3) is 0 Å². The predicted molar refractivity (Wildman–Crippen MR) is 143 cm³/mol. The number of hydrogen-bond donors (Lipinski definition) is 2. The van der Waals surface area contributed by atoms with Crippen molar-refractivity contribution >= 4 is 29.5 Å². The van der Waals surface area contributed by atoms with E-state index in [4.69, 9.17) is 4.74 Å². The standard InChI is InChI=1S/C27H32N6O4/c1-4-28-26-29-18-22-24(30-26)31(2)15-16-33(25(22)34)20-11-8-12-21(17-20)37-23(13-14-32(3)27(35)36)19-9-6-5-7-10-19/h5-12,17-18,23H,4,13-16H2,1-3H3,(H,35,36)(H,28,29,30)/t23-/m1/s1. The van der Waals surface area contributed by atoms with Crippen LogP contribution in [0, 0.1) is 0 Å². The minimum absolute atomic E-state index is 0.178. The number of nitrogens with zero attached hydrogens (tertiary/aromatic N) is 5. The van der Waals surface area contributed by atoms with Crippen LogP contribution in [0.2, 0.25) is 0 Å². The molecule has 0 bridgehead atoms. The number of likely N-dealkylation sites (N-methyl/N-ethyl adjacent to an activating group) is 1. The minimum Gasteiger partial charge on any atom is -0.486 e. The number of ether oxygens (including phenoxy) is 1. The summed E-state index contributed by atoms with van der Waals surface area (Å²) in [6, 6.07) is 17.1. The molecule has 0 unspecified atom stereocenters. The van der Waals surface area contributed by atoms with Crippen LogP contribution in [-0.4, -0.2) is 72.2 Å². The third-order valence-corrected chi connectivity index (χ3v) is 6.23. The van der Waals surface area contributed by atoms with Crippen LogP contribution in [0.15, 0.2) is 60.8 Å². The van der Waals surface area contributed by atoms with E-state index in [0.29, 0.717) is 61.4 Å². The molecule has 2 amide bonds. The lowest BCUT2D eigenvalue weighted by atomic mass is 10.1. The van der Waals surface area contributed by atoms with E-state index < -0.39 is 6.09 Å². The van der Waals surface area contributed by atoms with Gasteiger partial charge in [-0.1, -0.05) is 36.4 Å². The number of nitrogens with one attached hydrogen (secondary N) is 1. The molecule has 1 aliphatic heterocycles. The number of benzene rings is 2. The van der Waals surface area contributed by atoms with Crippen molar-refractivity contribution in [1.29, 1.82) is 0 Å². The van der Waals surface area contributed by atoms with Gasteiger partial charge in [-0.15, -0.1) is 0 Å². The average Bonchev–Trinajstić information content (AvgIpc) is 3.03. The molecule has 2 heterocycles. The van der Waals surface area contributed by atoms with Crippen molar-refractivity contribution in [2.75, 3.05) is 55.4 Å². The molecule has 4 rings (SSSR count). The molecule has 2 aromatic carbocycles. The Bertz CT molecular complexity index is 1240. The van der Waals surface area contributed by atoms with E-state index in [2.05, 4.69) is 15.3 Å². The Morgan fingerprint density at radius 1 is 1.19 bits per heavy atom. The van der Waals surface area contributed by atoms with Crippen molar-refractivity contribution in [3.05, 3.63) is 71.9 Å². The van der Waals surface area contributed by atoms with Gasteiger partial charge in [0, 0.05) is 64.6 Å². The van der Waals surface area contributed by atoms with Gasteiger partial charge in [0.25, 0.3) is 5.91 Å². The molecule has 37 heavy (non-hydrogen) atoms. The van der Waals surface area contributed by atoms with Crippen LogP contribution in [0.4, 0.5) is 22.2 Å². The summed E-state index contributed by atoms with van der Waals surface area (Å²) >= 11 is 0. The molecule has 0 aliphatic carbocycles. The highest BCUT2D eigenvalue weighted by molar-refractivity contribution is 6.09. The van der Waals surface area contributed by atoms with Crippen LogP contribution < -0.4 is 19.9 Å². The van der Waals surface area contributed by atoms with E-state index >= 15 is 0 Å². The first-order chi connectivity index (χ1) is 17.9. The van der Waals surface area contributed by atoms with Gasteiger partial charge in [0.2, 0.25) is 5.95 Å². The molecule has 2 N–H and O–H groups in total. The predicted octanol–water partition coefficient (Wildman–Crippen LogP) is 4.13. The summed E-state index contributed by atoms with van der Waals surface area (Å²) in [7, 11) is 3.45. The quantitative estimate of drug-likeness (QED) is 0.448. The first-order valence-corrected chi connectivity index (χ1v) is 12.3. The Balaban J connectivity index is 1.58. The summed E-state index contributed by atoms with van der Waals surface area (Å²) in [5.74, 6) is 1.50. The van der Waals surface area contributed by atoms with E-state index in [1.54, 1.807) is 11.1 Å². The van der Waals surface area contributed by atoms with Gasteiger partial charge in [-0.3, -0.25) is 4.79 Å². The van der Waals surface area contributed by atoms with E-state index in [0.717, 1.165) is 5.56 Å². The van der Waals surface area contributed by atoms with Crippen molar-refractivity contribution in [3.8, 4) is 5.75 Å². The third kappa shape index (κ3) is 6.08. The summed E-state index contributed by atoms with van der Waals surface area (Å²) in [6.07, 6.45) is 0.703. The van der Waals surface area contributed by atoms with E-state index in [-0.39, 0.29) is 12.0 Å². The number of hydrogen-bond acceptors (Lipinski definition) is 7. The number of fused-ring (bicyclic) bond motifs is 1. The summed E-state index contributed by atoms with van der Waals surface area (Å²) in [6.45, 7) is 4.04. The highest BCUT2D eigenvalue weighted by Gasteiger charge is 2.28. The summed E-state index contributed by atoms with van der Waals surface area (Å²) in [5.41, 5.74) is 2.09. The SMILES string of the molecule is CCNc1ncc2c(n1)N(C)CCN(c1cccc(O[C@H](CCN(C)C(=O)O)c3ccccc3)c1)C2=O. The second-order valence-corrected chi connectivity index (χ2v) is 8.85. The van der Waals surface area contributed by atoms with Gasteiger partial charge in [-0.2, -0.15) is 4.98 Å². The normalized spacial score (nSPS) is 14.0. The Labute approximate surface area is 216 Å². The van der Waals surface area contributed by atoms with Crippen molar-refractivity contribution < 1.29 is 19.4 Å². The molecule has 1 aromatic heterocycles. The topological polar surface area (TPSA) is 111 Å². The van der Waals surface area contributed by atoms with Gasteiger partial charge < -0.3 is 29.9 Å². The van der Waals surface area contributed by atoms with Crippen molar-refractivity contribution in [2.45, 2.75) is 19.4 Å². The van der Waals surface area contributed by atoms with Crippen LogP contribution in [0.1, 0.15) is 35.4 Å². The summed E-state index contributed by atoms with van der Waals surface area (Å²) in [5, 5.41) is 12.3. The highest BCUT2D eigenvalue weighted by Crippen LogP contribution is 2.31. The van der Waals surface area contributed by atoms with Gasteiger partial charge in [0.15, 0.2) is 0 Å². The largest absolute Gasteiger partial charge is 0.486 e. The van der Waals surface area contributed by atoms with E-state index in [1.807, 2.05) is 73.5 Å². The highest BCUT2D eigenvalue weighted by atomic mass is 16.5. The Morgan fingerprint density at radius 3 is 2.70 bits per heavy atom. The molecular weight excluding hydrogens is 472 g/mol. The lowest BCUT2D eigenvalue weighted by molar-refractivity contribution is 0.0989. The van der Waals surface area contributed by atoms with Gasteiger partial charge in [0.1, 0.15) is 23.2 Å². The molecule has 0 spiro atoms. The van der Waals surface area contributed by atoms with Gasteiger partial charge in [-0.25, -0.2) is 9.78 Å². The first-order valence-electron chi connectivity index (χ1n) is 12.3. The maximum atomic E-state index is 13.5. The molecule has 10 heteroatoms. The lowest BCUT2D eigenvalue weighted by Crippen LogP contribution is -2.33. The molecule has 1 aliphatic rings. The molecule has 1 atom stereocenters. The van der Waals surface area contributed by atoms with Crippen LogP contribution >= 0.6 is 0 Å². The van der Waals surface area contributed by atoms with Crippen molar-refractivity contribution in [2.24, 2.45) is 0 Å². The molecule has 0 saturated heterocycles. The fraction of sp³-hybridized carbons (Fsp3) is 0.333. The van der Waals surface area contributed by atoms with Crippen LogP contribution in [-0.2, 0) is 0 Å². The molecule has 0 radical (unpaired) electrons. The molecule has 0 saturated carbocycles. The zero-order valence-corrected chi connectivity index (χ0v) is 21.3. The van der Waals surface area contributed by atoms with E-state index in [9.17, 15) is 14.7 Å². The molecule has 3 aromatic rings. The van der Waals surface area contributed by atoms with Crippen molar-refractivity contribution in [1.82, 2.24) is 14.9 Å². The fourth-order valence-corrected chi connectivity index (χ4v) is 4.16. The number of carbonyl (C=O) groups is 2. The molecule has 0 fully saturated rings. The Morgan fingerprint density at radius 2 is 1.97 bits per heavy atom. The van der Waals surface area contributed by atoms with Crippen molar-refractivity contribution in [3.63, 3.8) is 0 Å². The monoisotopic (exact) mass is 504 g/mol. The molecule has 10 nitrogen and oxygen atoms in total. The molecular formula is C27H32N6O4. The summed E-state index contributed by atoms with van der Waals surface area (Å²) < 4.78 is 6.36. The number of carbonyl (C=O) groups excluding carboxylic acids is 1. The smallest absolute Gasteiger partial charge is 0.407 e. The Hall–Kier alpha value is -4.34. The minimum atomic E-state index is -0.986.